The van der Waals surface area contributed by atoms with Gasteiger partial charge in [-0.1, -0.05) is 12.1 Å². The number of thiophene rings is 1. The quantitative estimate of drug-likeness (QED) is 0.792. The Hall–Kier alpha value is -1.38. The van der Waals surface area contributed by atoms with Crippen molar-refractivity contribution in [1.82, 2.24) is 0 Å². The van der Waals surface area contributed by atoms with E-state index in [9.17, 15) is 13.2 Å². The Kier molecular flexibility index (Phi) is 4.48. The molecule has 0 bridgehead atoms. The molecule has 23 heavy (non-hydrogen) atoms. The molecule has 1 aliphatic carbocycles. The van der Waals surface area contributed by atoms with Gasteiger partial charge in [-0.3, -0.25) is 4.72 Å². The number of halogens is 1. The fourth-order valence-corrected chi connectivity index (χ4v) is 6.21. The van der Waals surface area contributed by atoms with Crippen molar-refractivity contribution < 1.29 is 18.3 Å². The zero-order chi connectivity index (χ0) is 16.6. The molecule has 2 aromatic rings. The van der Waals surface area contributed by atoms with Crippen molar-refractivity contribution >= 4 is 48.9 Å². The van der Waals surface area contributed by atoms with E-state index < -0.39 is 16.0 Å². The van der Waals surface area contributed by atoms with E-state index in [1.807, 2.05) is 12.1 Å². The van der Waals surface area contributed by atoms with E-state index in [2.05, 4.69) is 20.7 Å². The Bertz CT molecular complexity index is 874. The lowest BCUT2D eigenvalue weighted by atomic mass is 9.91. The number of carbonyl (C=O) groups is 1. The maximum absolute atomic E-state index is 12.6. The number of anilines is 1. The van der Waals surface area contributed by atoms with Crippen molar-refractivity contribution in [2.24, 2.45) is 0 Å². The number of aryl methyl sites for hydroxylation is 1. The van der Waals surface area contributed by atoms with Crippen molar-refractivity contribution in [3.63, 3.8) is 0 Å². The van der Waals surface area contributed by atoms with Crippen LogP contribution in [0, 0.1) is 0 Å². The predicted molar refractivity (Wildman–Crippen MR) is 92.9 cm³/mol. The second kappa shape index (κ2) is 6.26. The van der Waals surface area contributed by atoms with Gasteiger partial charge in [0, 0.05) is 0 Å². The third-order valence-electron chi connectivity index (χ3n) is 3.80. The molecule has 1 aromatic carbocycles. The SMILES string of the molecule is O=C(O)c1cc(S(=O)(=O)Nc2cccc3c2CCCC3)c(Br)s1. The van der Waals surface area contributed by atoms with Gasteiger partial charge in [0.15, 0.2) is 0 Å². The van der Waals surface area contributed by atoms with Crippen LogP contribution in [0.25, 0.3) is 0 Å². The number of nitrogens with one attached hydrogen (secondary N) is 1. The smallest absolute Gasteiger partial charge is 0.345 e. The van der Waals surface area contributed by atoms with E-state index in [1.54, 1.807) is 6.07 Å². The lowest BCUT2D eigenvalue weighted by Crippen LogP contribution is -2.16. The molecule has 5 nitrogen and oxygen atoms in total. The minimum Gasteiger partial charge on any atom is -0.477 e. The average Bonchev–Trinajstić information content (AvgIpc) is 2.90. The van der Waals surface area contributed by atoms with Gasteiger partial charge in [-0.2, -0.15) is 0 Å². The first kappa shape index (κ1) is 16.5. The Morgan fingerprint density at radius 1 is 1.26 bits per heavy atom. The van der Waals surface area contributed by atoms with E-state index in [0.717, 1.165) is 42.6 Å². The first-order chi connectivity index (χ1) is 10.9. The molecule has 0 saturated heterocycles. The minimum absolute atomic E-state index is 0.0210. The highest BCUT2D eigenvalue weighted by Gasteiger charge is 2.25. The highest BCUT2D eigenvalue weighted by atomic mass is 79.9. The monoisotopic (exact) mass is 415 g/mol. The molecule has 0 aliphatic heterocycles. The fourth-order valence-electron chi connectivity index (χ4n) is 2.72. The summed E-state index contributed by atoms with van der Waals surface area (Å²) in [6.07, 6.45) is 3.95. The molecule has 2 N–H and O–H groups in total. The normalized spacial score (nSPS) is 14.3. The molecule has 1 aromatic heterocycles. The van der Waals surface area contributed by atoms with Crippen LogP contribution in [0.5, 0.6) is 0 Å². The van der Waals surface area contributed by atoms with Gasteiger partial charge in [0.25, 0.3) is 10.0 Å². The summed E-state index contributed by atoms with van der Waals surface area (Å²) in [4.78, 5) is 10.9. The van der Waals surface area contributed by atoms with Crippen molar-refractivity contribution in [2.75, 3.05) is 4.72 Å². The molecule has 0 atom stereocenters. The summed E-state index contributed by atoms with van der Waals surface area (Å²) in [7, 11) is -3.84. The Morgan fingerprint density at radius 3 is 2.70 bits per heavy atom. The Morgan fingerprint density at radius 2 is 2.00 bits per heavy atom. The summed E-state index contributed by atoms with van der Waals surface area (Å²) in [6, 6.07) is 6.79. The molecule has 3 rings (SSSR count). The Balaban J connectivity index is 1.98. The molecular weight excluding hydrogens is 402 g/mol. The second-order valence-corrected chi connectivity index (χ2v) is 9.33. The molecular formula is C15H14BrNO4S2. The summed E-state index contributed by atoms with van der Waals surface area (Å²) >= 11 is 4.03. The average molecular weight is 416 g/mol. The van der Waals surface area contributed by atoms with E-state index in [0.29, 0.717) is 5.69 Å². The second-order valence-electron chi connectivity index (χ2n) is 5.31. The van der Waals surface area contributed by atoms with Crippen LogP contribution >= 0.6 is 27.3 Å². The van der Waals surface area contributed by atoms with E-state index in [4.69, 9.17) is 5.11 Å². The zero-order valence-corrected chi connectivity index (χ0v) is 15.2. The van der Waals surface area contributed by atoms with Gasteiger partial charge in [0.1, 0.15) is 9.77 Å². The minimum atomic E-state index is -3.84. The number of benzene rings is 1. The van der Waals surface area contributed by atoms with Crippen molar-refractivity contribution in [1.29, 1.82) is 0 Å². The van der Waals surface area contributed by atoms with Gasteiger partial charge < -0.3 is 5.11 Å². The van der Waals surface area contributed by atoms with Crippen LogP contribution in [-0.4, -0.2) is 19.5 Å². The number of carboxylic acid groups (broad SMARTS) is 1. The van der Waals surface area contributed by atoms with Gasteiger partial charge in [-0.25, -0.2) is 13.2 Å². The molecule has 1 heterocycles. The Labute approximate surface area is 146 Å². The van der Waals surface area contributed by atoms with Crippen LogP contribution in [0.15, 0.2) is 32.9 Å². The fraction of sp³-hybridized carbons (Fsp3) is 0.267. The highest BCUT2D eigenvalue weighted by molar-refractivity contribution is 9.11. The molecule has 0 radical (unpaired) electrons. The van der Waals surface area contributed by atoms with Crippen LogP contribution in [0.3, 0.4) is 0 Å². The number of hydrogen-bond acceptors (Lipinski definition) is 4. The number of hydrogen-bond donors (Lipinski definition) is 2. The maximum atomic E-state index is 12.6. The molecule has 0 spiro atoms. The van der Waals surface area contributed by atoms with Gasteiger partial charge in [-0.15, -0.1) is 11.3 Å². The molecule has 0 unspecified atom stereocenters. The van der Waals surface area contributed by atoms with Gasteiger partial charge in [-0.05, 0) is 64.9 Å². The van der Waals surface area contributed by atoms with Crippen LogP contribution in [0.1, 0.15) is 33.6 Å². The summed E-state index contributed by atoms with van der Waals surface area (Å²) in [5.41, 5.74) is 2.79. The van der Waals surface area contributed by atoms with Crippen molar-refractivity contribution in [3.8, 4) is 0 Å². The zero-order valence-electron chi connectivity index (χ0n) is 12.0. The molecule has 1 aliphatic rings. The van der Waals surface area contributed by atoms with Crippen molar-refractivity contribution in [3.05, 3.63) is 44.1 Å². The molecule has 0 amide bonds. The highest BCUT2D eigenvalue weighted by Crippen LogP contribution is 2.34. The standard InChI is InChI=1S/C15H14BrNO4S2/c16-14-13(8-12(22-14)15(18)19)23(20,21)17-11-7-3-5-9-4-1-2-6-10(9)11/h3,5,7-8,17H,1-2,4,6H2,(H,18,19). The summed E-state index contributed by atoms with van der Waals surface area (Å²) in [6.45, 7) is 0. The topological polar surface area (TPSA) is 83.5 Å². The largest absolute Gasteiger partial charge is 0.477 e. The molecule has 0 fully saturated rings. The maximum Gasteiger partial charge on any atom is 0.345 e. The molecule has 122 valence electrons. The van der Waals surface area contributed by atoms with Gasteiger partial charge in [0.05, 0.1) is 9.47 Å². The van der Waals surface area contributed by atoms with Crippen LogP contribution < -0.4 is 4.72 Å². The van der Waals surface area contributed by atoms with E-state index in [-0.39, 0.29) is 13.6 Å². The van der Waals surface area contributed by atoms with Gasteiger partial charge in [0.2, 0.25) is 0 Å². The van der Waals surface area contributed by atoms with Crippen LogP contribution in [0.4, 0.5) is 5.69 Å². The molecule has 0 saturated carbocycles. The number of rotatable bonds is 4. The first-order valence-corrected chi connectivity index (χ1v) is 10.1. The molecule has 8 heteroatoms. The summed E-state index contributed by atoms with van der Waals surface area (Å²) in [5.74, 6) is -1.14. The van der Waals surface area contributed by atoms with Crippen LogP contribution in [-0.2, 0) is 22.9 Å². The third kappa shape index (κ3) is 3.29. The number of aromatic carboxylic acids is 1. The lowest BCUT2D eigenvalue weighted by molar-refractivity contribution is 0.0702. The number of carboxylic acids is 1. The first-order valence-electron chi connectivity index (χ1n) is 7.05. The lowest BCUT2D eigenvalue weighted by Gasteiger charge is -2.20. The van der Waals surface area contributed by atoms with E-state index >= 15 is 0 Å². The summed E-state index contributed by atoms with van der Waals surface area (Å²) < 4.78 is 28.1. The third-order valence-corrected chi connectivity index (χ3v) is 7.40. The van der Waals surface area contributed by atoms with Crippen molar-refractivity contribution in [2.45, 2.75) is 30.6 Å². The number of fused-ring (bicyclic) bond motifs is 1. The predicted octanol–water partition coefficient (Wildman–Crippen LogP) is 3.89. The summed E-state index contributed by atoms with van der Waals surface area (Å²) in [5, 5.41) is 9.01. The number of sulfonamides is 1. The van der Waals surface area contributed by atoms with Crippen LogP contribution in [0.2, 0.25) is 0 Å². The van der Waals surface area contributed by atoms with E-state index in [1.165, 1.54) is 11.6 Å². The van der Waals surface area contributed by atoms with Gasteiger partial charge >= 0.3 is 5.97 Å².